The highest BCUT2D eigenvalue weighted by Crippen LogP contribution is 2.19. The lowest BCUT2D eigenvalue weighted by molar-refractivity contribution is 0.0817. The molecule has 2 nitrogen and oxygen atoms in total. The SMILES string of the molecule is CCCCCCC(CCCC)COCCCN1CCc2ccccc2C1. The van der Waals surface area contributed by atoms with Gasteiger partial charge in [-0.3, -0.25) is 4.90 Å². The van der Waals surface area contributed by atoms with Crippen LogP contribution in [0.15, 0.2) is 24.3 Å². The van der Waals surface area contributed by atoms with E-state index in [1.54, 1.807) is 5.56 Å². The van der Waals surface area contributed by atoms with Gasteiger partial charge in [-0.2, -0.15) is 0 Å². The Hall–Kier alpha value is -0.860. The van der Waals surface area contributed by atoms with E-state index in [9.17, 15) is 0 Å². The summed E-state index contributed by atoms with van der Waals surface area (Å²) >= 11 is 0. The maximum atomic E-state index is 6.08. The molecule has 0 fully saturated rings. The van der Waals surface area contributed by atoms with E-state index in [1.807, 2.05) is 0 Å². The molecule has 1 heterocycles. The lowest BCUT2D eigenvalue weighted by Crippen LogP contribution is -2.31. The average Bonchev–Trinajstić information content (AvgIpc) is 2.68. The molecule has 1 aromatic rings. The van der Waals surface area contributed by atoms with Crippen LogP contribution in [0.2, 0.25) is 0 Å². The maximum Gasteiger partial charge on any atom is 0.0494 e. The maximum absolute atomic E-state index is 6.08. The zero-order valence-corrected chi connectivity index (χ0v) is 17.3. The minimum absolute atomic E-state index is 0.786. The molecule has 0 aromatic heterocycles. The smallest absolute Gasteiger partial charge is 0.0494 e. The molecule has 0 amide bonds. The molecule has 2 rings (SSSR count). The van der Waals surface area contributed by atoms with Gasteiger partial charge < -0.3 is 4.74 Å². The Labute approximate surface area is 162 Å². The van der Waals surface area contributed by atoms with Gasteiger partial charge in [-0.25, -0.2) is 0 Å². The fourth-order valence-corrected chi connectivity index (χ4v) is 4.05. The van der Waals surface area contributed by atoms with Crippen LogP contribution in [0.4, 0.5) is 0 Å². The van der Waals surface area contributed by atoms with Crippen LogP contribution in [0.3, 0.4) is 0 Å². The Morgan fingerprint density at radius 2 is 1.69 bits per heavy atom. The van der Waals surface area contributed by atoms with Gasteiger partial charge in [0.2, 0.25) is 0 Å². The normalized spacial score (nSPS) is 15.8. The third-order valence-electron chi connectivity index (χ3n) is 5.76. The van der Waals surface area contributed by atoms with Crippen molar-refractivity contribution in [1.82, 2.24) is 4.90 Å². The molecule has 148 valence electrons. The van der Waals surface area contributed by atoms with Gasteiger partial charge in [-0.15, -0.1) is 0 Å². The van der Waals surface area contributed by atoms with E-state index in [1.165, 1.54) is 82.9 Å². The quantitative estimate of drug-likeness (QED) is 0.365. The highest BCUT2D eigenvalue weighted by molar-refractivity contribution is 5.28. The van der Waals surface area contributed by atoms with Crippen LogP contribution in [0.25, 0.3) is 0 Å². The summed E-state index contributed by atoms with van der Waals surface area (Å²) in [5, 5.41) is 0. The number of hydrogen-bond acceptors (Lipinski definition) is 2. The molecule has 0 N–H and O–H groups in total. The molecular weight excluding hydrogens is 318 g/mol. The van der Waals surface area contributed by atoms with Crippen molar-refractivity contribution in [2.24, 2.45) is 5.92 Å². The molecule has 1 atom stereocenters. The Balaban J connectivity index is 1.57. The predicted molar refractivity (Wildman–Crippen MR) is 113 cm³/mol. The van der Waals surface area contributed by atoms with E-state index in [-0.39, 0.29) is 0 Å². The number of nitrogens with zero attached hydrogens (tertiary/aromatic N) is 1. The fraction of sp³-hybridized carbons (Fsp3) is 0.750. The molecule has 0 bridgehead atoms. The van der Waals surface area contributed by atoms with E-state index in [0.717, 1.165) is 25.7 Å². The highest BCUT2D eigenvalue weighted by atomic mass is 16.5. The molecular formula is C24H41NO. The van der Waals surface area contributed by atoms with Crippen LogP contribution in [0.5, 0.6) is 0 Å². The summed E-state index contributed by atoms with van der Waals surface area (Å²) in [7, 11) is 0. The van der Waals surface area contributed by atoms with Crippen molar-refractivity contribution >= 4 is 0 Å². The second-order valence-corrected chi connectivity index (χ2v) is 8.08. The standard InChI is InChI=1S/C24H41NO/c1-3-5-7-8-13-22(12-6-4-2)21-26-19-11-17-25-18-16-23-14-9-10-15-24(23)20-25/h9-10,14-15,22H,3-8,11-13,16-21H2,1-2H3. The molecule has 0 spiro atoms. The molecule has 2 heteroatoms. The first-order chi connectivity index (χ1) is 12.8. The lowest BCUT2D eigenvalue weighted by Gasteiger charge is -2.28. The summed E-state index contributed by atoms with van der Waals surface area (Å²) in [6, 6.07) is 8.91. The minimum Gasteiger partial charge on any atom is -0.381 e. The Kier molecular flexibility index (Phi) is 11.0. The number of hydrogen-bond donors (Lipinski definition) is 0. The largest absolute Gasteiger partial charge is 0.381 e. The molecule has 1 aliphatic rings. The number of fused-ring (bicyclic) bond motifs is 1. The molecule has 0 saturated carbocycles. The average molecular weight is 360 g/mol. The van der Waals surface area contributed by atoms with Gasteiger partial charge in [-0.05, 0) is 42.7 Å². The molecule has 1 aromatic carbocycles. The van der Waals surface area contributed by atoms with Gasteiger partial charge in [-0.1, -0.05) is 76.6 Å². The number of benzene rings is 1. The summed E-state index contributed by atoms with van der Waals surface area (Å²) < 4.78 is 6.08. The number of ether oxygens (including phenoxy) is 1. The van der Waals surface area contributed by atoms with Crippen molar-refractivity contribution in [2.45, 2.75) is 84.6 Å². The topological polar surface area (TPSA) is 12.5 Å². The Bertz CT molecular complexity index is 473. The van der Waals surface area contributed by atoms with Crippen molar-refractivity contribution in [2.75, 3.05) is 26.3 Å². The Morgan fingerprint density at radius 1 is 0.923 bits per heavy atom. The van der Waals surface area contributed by atoms with Crippen molar-refractivity contribution in [1.29, 1.82) is 0 Å². The van der Waals surface area contributed by atoms with E-state index in [4.69, 9.17) is 4.74 Å². The van der Waals surface area contributed by atoms with Crippen molar-refractivity contribution < 1.29 is 4.74 Å². The van der Waals surface area contributed by atoms with Crippen molar-refractivity contribution in [3.63, 3.8) is 0 Å². The minimum atomic E-state index is 0.786. The van der Waals surface area contributed by atoms with Crippen LogP contribution in [-0.4, -0.2) is 31.2 Å². The van der Waals surface area contributed by atoms with Crippen molar-refractivity contribution in [3.8, 4) is 0 Å². The molecule has 0 aliphatic carbocycles. The molecule has 0 radical (unpaired) electrons. The van der Waals surface area contributed by atoms with Gasteiger partial charge in [0.25, 0.3) is 0 Å². The van der Waals surface area contributed by atoms with E-state index >= 15 is 0 Å². The second-order valence-electron chi connectivity index (χ2n) is 8.08. The first-order valence-corrected chi connectivity index (χ1v) is 11.2. The molecule has 1 aliphatic heterocycles. The van der Waals surface area contributed by atoms with Crippen LogP contribution in [0.1, 0.15) is 82.8 Å². The summed E-state index contributed by atoms with van der Waals surface area (Å²) in [6.07, 6.45) is 13.3. The van der Waals surface area contributed by atoms with Crippen molar-refractivity contribution in [3.05, 3.63) is 35.4 Å². The Morgan fingerprint density at radius 3 is 2.50 bits per heavy atom. The van der Waals surface area contributed by atoms with Gasteiger partial charge in [0.1, 0.15) is 0 Å². The third-order valence-corrected chi connectivity index (χ3v) is 5.76. The lowest BCUT2D eigenvalue weighted by atomic mass is 9.96. The van der Waals surface area contributed by atoms with Gasteiger partial charge in [0, 0.05) is 32.8 Å². The van der Waals surface area contributed by atoms with Crippen LogP contribution in [-0.2, 0) is 17.7 Å². The zero-order chi connectivity index (χ0) is 18.5. The summed E-state index contributed by atoms with van der Waals surface area (Å²) in [5.41, 5.74) is 3.06. The van der Waals surface area contributed by atoms with Gasteiger partial charge in [0.15, 0.2) is 0 Å². The molecule has 1 unspecified atom stereocenters. The zero-order valence-electron chi connectivity index (χ0n) is 17.3. The monoisotopic (exact) mass is 359 g/mol. The van der Waals surface area contributed by atoms with Crippen LogP contribution in [0, 0.1) is 5.92 Å². The number of unbranched alkanes of at least 4 members (excludes halogenated alkanes) is 4. The first-order valence-electron chi connectivity index (χ1n) is 11.2. The van der Waals surface area contributed by atoms with Gasteiger partial charge >= 0.3 is 0 Å². The van der Waals surface area contributed by atoms with Gasteiger partial charge in [0.05, 0.1) is 0 Å². The predicted octanol–water partition coefficient (Wildman–Crippen LogP) is 6.23. The van der Waals surface area contributed by atoms with E-state index in [2.05, 4.69) is 43.0 Å². The summed E-state index contributed by atoms with van der Waals surface area (Å²) in [5.74, 6) is 0.786. The number of rotatable bonds is 14. The van der Waals surface area contributed by atoms with E-state index in [0.29, 0.717) is 0 Å². The highest BCUT2D eigenvalue weighted by Gasteiger charge is 2.15. The second kappa shape index (κ2) is 13.3. The fourth-order valence-electron chi connectivity index (χ4n) is 4.05. The van der Waals surface area contributed by atoms with Crippen LogP contribution < -0.4 is 0 Å². The molecule has 26 heavy (non-hydrogen) atoms. The first kappa shape index (κ1) is 21.4. The summed E-state index contributed by atoms with van der Waals surface area (Å²) in [6.45, 7) is 9.99. The summed E-state index contributed by atoms with van der Waals surface area (Å²) in [4.78, 5) is 2.59. The van der Waals surface area contributed by atoms with Crippen LogP contribution >= 0.6 is 0 Å². The third kappa shape index (κ3) is 8.22. The molecule has 0 saturated heterocycles. The van der Waals surface area contributed by atoms with E-state index < -0.39 is 0 Å².